The summed E-state index contributed by atoms with van der Waals surface area (Å²) in [5.74, 6) is -2.22. The average molecular weight is 197 g/mol. The van der Waals surface area contributed by atoms with Crippen molar-refractivity contribution in [1.29, 1.82) is 0 Å². The lowest BCUT2D eigenvalue weighted by molar-refractivity contribution is -0.314. The molecule has 1 atom stereocenters. The zero-order chi connectivity index (χ0) is 10.7. The maximum atomic E-state index is 10.2. The molecule has 3 N–H and O–H groups in total. The highest BCUT2D eigenvalue weighted by atomic mass is 16.4. The molecular formula is C9H9O5-. The smallest absolute Gasteiger partial charge is 0.157 e. The third kappa shape index (κ3) is 2.37. The average Bonchev–Trinajstić information content (AvgIpc) is 2.11. The first-order chi connectivity index (χ1) is 6.50. The summed E-state index contributed by atoms with van der Waals surface area (Å²) in [5.41, 5.74) is 0.400. The third-order valence-corrected chi connectivity index (χ3v) is 1.74. The zero-order valence-corrected chi connectivity index (χ0v) is 7.17. The van der Waals surface area contributed by atoms with Crippen molar-refractivity contribution in [3.05, 3.63) is 23.8 Å². The molecule has 0 aliphatic carbocycles. The number of benzene rings is 1. The van der Waals surface area contributed by atoms with E-state index in [4.69, 9.17) is 15.3 Å². The molecule has 5 nitrogen and oxygen atoms in total. The summed E-state index contributed by atoms with van der Waals surface area (Å²) in [7, 11) is 0. The Balaban J connectivity index is 2.78. The van der Waals surface area contributed by atoms with E-state index in [-0.39, 0.29) is 17.9 Å². The van der Waals surface area contributed by atoms with Crippen molar-refractivity contribution < 1.29 is 25.2 Å². The molecule has 76 valence electrons. The number of carbonyl (C=O) groups excluding carboxylic acids is 1. The van der Waals surface area contributed by atoms with Crippen LogP contribution in [0.15, 0.2) is 18.2 Å². The van der Waals surface area contributed by atoms with E-state index in [9.17, 15) is 9.90 Å². The van der Waals surface area contributed by atoms with Crippen LogP contribution < -0.4 is 5.11 Å². The molecule has 0 heterocycles. The molecule has 0 bridgehead atoms. The molecule has 0 radical (unpaired) electrons. The topological polar surface area (TPSA) is 101 Å². The van der Waals surface area contributed by atoms with Crippen molar-refractivity contribution in [1.82, 2.24) is 0 Å². The summed E-state index contributed by atoms with van der Waals surface area (Å²) in [5, 5.41) is 37.1. The van der Waals surface area contributed by atoms with Crippen molar-refractivity contribution in [3.63, 3.8) is 0 Å². The number of hydrogen-bond acceptors (Lipinski definition) is 5. The Morgan fingerprint density at radius 3 is 2.50 bits per heavy atom. The van der Waals surface area contributed by atoms with Crippen LogP contribution in [0.2, 0.25) is 0 Å². The maximum Gasteiger partial charge on any atom is 0.157 e. The van der Waals surface area contributed by atoms with E-state index >= 15 is 0 Å². The number of carboxylic acid groups (broad SMARTS) is 1. The lowest BCUT2D eigenvalue weighted by Crippen LogP contribution is -2.36. The zero-order valence-electron chi connectivity index (χ0n) is 7.17. The van der Waals surface area contributed by atoms with Gasteiger partial charge in [0.1, 0.15) is 0 Å². The lowest BCUT2D eigenvalue weighted by atomic mass is 10.1. The Bertz CT molecular complexity index is 347. The van der Waals surface area contributed by atoms with Gasteiger partial charge in [-0.1, -0.05) is 6.07 Å². The van der Waals surface area contributed by atoms with Crippen molar-refractivity contribution >= 4 is 5.97 Å². The van der Waals surface area contributed by atoms with Crippen LogP contribution in [0.3, 0.4) is 0 Å². The normalized spacial score (nSPS) is 12.4. The van der Waals surface area contributed by atoms with Crippen LogP contribution in [0.4, 0.5) is 0 Å². The first kappa shape index (κ1) is 10.3. The first-order valence-corrected chi connectivity index (χ1v) is 3.90. The van der Waals surface area contributed by atoms with Crippen LogP contribution in [0.1, 0.15) is 5.56 Å². The fourth-order valence-electron chi connectivity index (χ4n) is 1.00. The Labute approximate surface area is 79.9 Å². The van der Waals surface area contributed by atoms with Gasteiger partial charge in [-0.15, -0.1) is 0 Å². The van der Waals surface area contributed by atoms with E-state index in [0.29, 0.717) is 5.56 Å². The lowest BCUT2D eigenvalue weighted by Gasteiger charge is -2.11. The number of aromatic hydroxyl groups is 2. The van der Waals surface area contributed by atoms with Crippen molar-refractivity contribution in [2.45, 2.75) is 12.5 Å². The molecule has 1 aromatic carbocycles. The number of phenolic OH excluding ortho intramolecular Hbond substituents is 2. The molecule has 1 aromatic rings. The molecule has 0 spiro atoms. The molecule has 0 saturated carbocycles. The monoisotopic (exact) mass is 197 g/mol. The summed E-state index contributed by atoms with van der Waals surface area (Å²) in [6.45, 7) is 0. The van der Waals surface area contributed by atoms with Gasteiger partial charge in [0.2, 0.25) is 0 Å². The van der Waals surface area contributed by atoms with E-state index in [1.807, 2.05) is 0 Å². The third-order valence-electron chi connectivity index (χ3n) is 1.74. The minimum absolute atomic E-state index is 0.170. The molecular weight excluding hydrogens is 188 g/mol. The number of rotatable bonds is 3. The van der Waals surface area contributed by atoms with Crippen molar-refractivity contribution in [3.8, 4) is 11.5 Å². The molecule has 0 aliphatic rings. The Hall–Kier alpha value is -1.75. The molecule has 0 amide bonds. The second-order valence-electron chi connectivity index (χ2n) is 2.86. The van der Waals surface area contributed by atoms with Gasteiger partial charge in [0.15, 0.2) is 11.5 Å². The minimum Gasteiger partial charge on any atom is -0.547 e. The van der Waals surface area contributed by atoms with Crippen molar-refractivity contribution in [2.24, 2.45) is 0 Å². The van der Waals surface area contributed by atoms with E-state index in [1.54, 1.807) is 0 Å². The first-order valence-electron chi connectivity index (χ1n) is 3.90. The number of phenols is 2. The minimum atomic E-state index is -1.61. The summed E-state index contributed by atoms with van der Waals surface area (Å²) in [6.07, 6.45) is -1.78. The van der Waals surface area contributed by atoms with Gasteiger partial charge >= 0.3 is 0 Å². The van der Waals surface area contributed by atoms with Crippen LogP contribution in [0, 0.1) is 0 Å². The number of carboxylic acids is 1. The number of hydrogen-bond donors (Lipinski definition) is 3. The molecule has 1 rings (SSSR count). The van der Waals surface area contributed by atoms with Crippen LogP contribution in [-0.2, 0) is 11.2 Å². The predicted octanol–water partition coefficient (Wildman–Crippen LogP) is -1.25. The second kappa shape index (κ2) is 3.97. The number of aliphatic hydroxyl groups excluding tert-OH is 1. The quantitative estimate of drug-likeness (QED) is 0.526. The summed E-state index contributed by atoms with van der Waals surface area (Å²) >= 11 is 0. The van der Waals surface area contributed by atoms with Crippen LogP contribution in [-0.4, -0.2) is 27.4 Å². The highest BCUT2D eigenvalue weighted by Crippen LogP contribution is 2.25. The van der Waals surface area contributed by atoms with E-state index < -0.39 is 12.1 Å². The SMILES string of the molecule is O=C([O-])C(O)Cc1ccc(O)c(O)c1. The number of carbonyl (C=O) groups is 1. The predicted molar refractivity (Wildman–Crippen MR) is 44.5 cm³/mol. The molecule has 5 heteroatoms. The largest absolute Gasteiger partial charge is 0.547 e. The van der Waals surface area contributed by atoms with E-state index in [1.165, 1.54) is 18.2 Å². The van der Waals surface area contributed by atoms with E-state index in [0.717, 1.165) is 0 Å². The van der Waals surface area contributed by atoms with Crippen LogP contribution in [0.25, 0.3) is 0 Å². The number of aliphatic hydroxyl groups is 1. The fourth-order valence-corrected chi connectivity index (χ4v) is 1.00. The summed E-state index contributed by atoms with van der Waals surface area (Å²) in [6, 6.07) is 3.80. The fraction of sp³-hybridized carbons (Fsp3) is 0.222. The van der Waals surface area contributed by atoms with Gasteiger partial charge in [0.05, 0.1) is 12.1 Å². The Morgan fingerprint density at radius 1 is 1.36 bits per heavy atom. The van der Waals surface area contributed by atoms with Gasteiger partial charge in [0.25, 0.3) is 0 Å². The number of aliphatic carboxylic acids is 1. The van der Waals surface area contributed by atoms with Gasteiger partial charge in [-0.3, -0.25) is 0 Å². The van der Waals surface area contributed by atoms with Crippen LogP contribution in [0.5, 0.6) is 11.5 Å². The second-order valence-corrected chi connectivity index (χ2v) is 2.86. The molecule has 14 heavy (non-hydrogen) atoms. The standard InChI is InChI=1S/C9H10O5/c10-6-2-1-5(3-7(6)11)4-8(12)9(13)14/h1-3,8,10-12H,4H2,(H,13,14)/p-1. The van der Waals surface area contributed by atoms with Gasteiger partial charge in [-0.05, 0) is 17.7 Å². The van der Waals surface area contributed by atoms with Gasteiger partial charge in [-0.2, -0.15) is 0 Å². The molecule has 0 aliphatic heterocycles. The van der Waals surface area contributed by atoms with Crippen LogP contribution >= 0.6 is 0 Å². The molecule has 0 saturated heterocycles. The molecule has 0 fully saturated rings. The Morgan fingerprint density at radius 2 is 2.00 bits per heavy atom. The highest BCUT2D eigenvalue weighted by Gasteiger charge is 2.08. The summed E-state index contributed by atoms with van der Waals surface area (Å²) in [4.78, 5) is 10.2. The highest BCUT2D eigenvalue weighted by molar-refractivity contribution is 5.70. The van der Waals surface area contributed by atoms with E-state index in [2.05, 4.69) is 0 Å². The summed E-state index contributed by atoms with van der Waals surface area (Å²) < 4.78 is 0. The van der Waals surface area contributed by atoms with Gasteiger partial charge in [-0.25, -0.2) is 0 Å². The molecule has 1 unspecified atom stereocenters. The van der Waals surface area contributed by atoms with Gasteiger partial charge in [0, 0.05) is 6.42 Å². The van der Waals surface area contributed by atoms with Gasteiger partial charge < -0.3 is 25.2 Å². The van der Waals surface area contributed by atoms with Crippen molar-refractivity contribution in [2.75, 3.05) is 0 Å². The Kier molecular flexibility index (Phi) is 2.93. The molecule has 0 aromatic heterocycles. The maximum absolute atomic E-state index is 10.2.